The van der Waals surface area contributed by atoms with Gasteiger partial charge in [0.15, 0.2) is 5.11 Å². The molecule has 3 nitrogen and oxygen atoms in total. The summed E-state index contributed by atoms with van der Waals surface area (Å²) in [4.78, 5) is 0. The van der Waals surface area contributed by atoms with Crippen molar-refractivity contribution in [1.29, 1.82) is 0 Å². The van der Waals surface area contributed by atoms with Crippen molar-refractivity contribution in [2.24, 2.45) is 5.10 Å². The SMILES string of the molecule is CC(=NNC(=S)Nc1cc(C(F)(F)F)ccc1Cl)c1ccc2c(c1)Cc1ccccc1-2. The molecule has 0 radical (unpaired) electrons. The summed E-state index contributed by atoms with van der Waals surface area (Å²) in [7, 11) is 0. The molecule has 0 heterocycles. The van der Waals surface area contributed by atoms with E-state index in [-0.39, 0.29) is 15.8 Å². The van der Waals surface area contributed by atoms with Crippen molar-refractivity contribution < 1.29 is 13.2 Å². The highest BCUT2D eigenvalue weighted by Crippen LogP contribution is 2.37. The van der Waals surface area contributed by atoms with E-state index < -0.39 is 11.7 Å². The summed E-state index contributed by atoms with van der Waals surface area (Å²) in [6, 6.07) is 17.5. The van der Waals surface area contributed by atoms with E-state index in [0.717, 1.165) is 24.1 Å². The maximum Gasteiger partial charge on any atom is 0.416 e. The first kappa shape index (κ1) is 21.3. The quantitative estimate of drug-likeness (QED) is 0.205. The van der Waals surface area contributed by atoms with E-state index >= 15 is 0 Å². The minimum absolute atomic E-state index is 0.0362. The zero-order valence-electron chi connectivity index (χ0n) is 16.3. The fourth-order valence-corrected chi connectivity index (χ4v) is 3.84. The van der Waals surface area contributed by atoms with E-state index in [1.807, 2.05) is 25.1 Å². The van der Waals surface area contributed by atoms with Gasteiger partial charge in [0, 0.05) is 0 Å². The molecule has 1 aliphatic carbocycles. The molecule has 0 spiro atoms. The Labute approximate surface area is 187 Å². The van der Waals surface area contributed by atoms with Crippen LogP contribution in [0.15, 0.2) is 65.8 Å². The van der Waals surface area contributed by atoms with Gasteiger partial charge in [0.2, 0.25) is 0 Å². The van der Waals surface area contributed by atoms with E-state index in [0.29, 0.717) is 5.71 Å². The first-order chi connectivity index (χ1) is 14.7. The van der Waals surface area contributed by atoms with Gasteiger partial charge in [-0.25, -0.2) is 0 Å². The van der Waals surface area contributed by atoms with Gasteiger partial charge in [-0.2, -0.15) is 18.3 Å². The second-order valence-electron chi connectivity index (χ2n) is 7.16. The molecular formula is C23H17ClF3N3S. The minimum atomic E-state index is -4.47. The summed E-state index contributed by atoms with van der Waals surface area (Å²) in [5.74, 6) is 0. The standard InChI is InChI=1S/C23H17ClF3N3S/c1-13(14-6-8-19-16(10-14)11-15-4-2-3-5-18(15)19)29-30-22(31)28-21-12-17(23(25,26)27)7-9-20(21)24/h2-10,12H,11H2,1H3,(H2,28,30,31). The van der Waals surface area contributed by atoms with Gasteiger partial charge in [-0.1, -0.05) is 48.0 Å². The molecule has 3 aromatic rings. The number of rotatable bonds is 3. The zero-order chi connectivity index (χ0) is 22.2. The summed E-state index contributed by atoms with van der Waals surface area (Å²) < 4.78 is 38.8. The summed E-state index contributed by atoms with van der Waals surface area (Å²) in [6.45, 7) is 1.83. The van der Waals surface area contributed by atoms with Gasteiger partial charge in [0.1, 0.15) is 0 Å². The third-order valence-electron chi connectivity index (χ3n) is 5.08. The molecule has 31 heavy (non-hydrogen) atoms. The van der Waals surface area contributed by atoms with Crippen molar-refractivity contribution >= 4 is 40.3 Å². The largest absolute Gasteiger partial charge is 0.416 e. The molecule has 0 aromatic heterocycles. The minimum Gasteiger partial charge on any atom is -0.330 e. The molecule has 0 aliphatic heterocycles. The highest BCUT2D eigenvalue weighted by Gasteiger charge is 2.31. The number of nitrogens with one attached hydrogen (secondary N) is 2. The number of alkyl halides is 3. The van der Waals surface area contributed by atoms with Gasteiger partial charge < -0.3 is 5.32 Å². The number of anilines is 1. The number of benzene rings is 3. The predicted molar refractivity (Wildman–Crippen MR) is 123 cm³/mol. The van der Waals surface area contributed by atoms with Gasteiger partial charge in [-0.3, -0.25) is 5.43 Å². The average molecular weight is 460 g/mol. The van der Waals surface area contributed by atoms with Gasteiger partial charge in [0.05, 0.1) is 22.0 Å². The van der Waals surface area contributed by atoms with Crippen molar-refractivity contribution in [2.45, 2.75) is 19.5 Å². The van der Waals surface area contributed by atoms with Gasteiger partial charge in [0.25, 0.3) is 0 Å². The predicted octanol–water partition coefficient (Wildman–Crippen LogP) is 6.64. The lowest BCUT2D eigenvalue weighted by atomic mass is 10.0. The second-order valence-corrected chi connectivity index (χ2v) is 7.98. The fraction of sp³-hybridized carbons (Fsp3) is 0.130. The first-order valence-electron chi connectivity index (χ1n) is 9.42. The van der Waals surface area contributed by atoms with Gasteiger partial charge in [-0.05, 0) is 77.6 Å². The molecular weight excluding hydrogens is 443 g/mol. The smallest absolute Gasteiger partial charge is 0.330 e. The van der Waals surface area contributed by atoms with E-state index in [1.165, 1.54) is 28.3 Å². The van der Waals surface area contributed by atoms with Crippen LogP contribution in [0.3, 0.4) is 0 Å². The molecule has 158 valence electrons. The second kappa shape index (κ2) is 8.32. The van der Waals surface area contributed by atoms with Gasteiger partial charge in [-0.15, -0.1) is 0 Å². The van der Waals surface area contributed by atoms with Crippen LogP contribution in [-0.2, 0) is 12.6 Å². The van der Waals surface area contributed by atoms with E-state index in [9.17, 15) is 13.2 Å². The molecule has 0 saturated heterocycles. The Morgan fingerprint density at radius 3 is 2.52 bits per heavy atom. The van der Waals surface area contributed by atoms with Crippen LogP contribution in [0.25, 0.3) is 11.1 Å². The Morgan fingerprint density at radius 1 is 1.00 bits per heavy atom. The molecule has 0 saturated carbocycles. The third-order valence-corrected chi connectivity index (χ3v) is 5.60. The summed E-state index contributed by atoms with van der Waals surface area (Å²) in [6.07, 6.45) is -3.61. The zero-order valence-corrected chi connectivity index (χ0v) is 17.9. The van der Waals surface area contributed by atoms with Crippen LogP contribution in [0.1, 0.15) is 29.2 Å². The summed E-state index contributed by atoms with van der Waals surface area (Å²) in [5.41, 5.74) is 8.52. The van der Waals surface area contributed by atoms with Crippen molar-refractivity contribution in [3.63, 3.8) is 0 Å². The van der Waals surface area contributed by atoms with Crippen molar-refractivity contribution in [3.8, 4) is 11.1 Å². The Balaban J connectivity index is 1.46. The van der Waals surface area contributed by atoms with E-state index in [2.05, 4.69) is 40.1 Å². The fourth-order valence-electron chi connectivity index (χ4n) is 3.52. The lowest BCUT2D eigenvalue weighted by molar-refractivity contribution is -0.137. The highest BCUT2D eigenvalue weighted by atomic mass is 35.5. The van der Waals surface area contributed by atoms with E-state index in [1.54, 1.807) is 0 Å². The number of hydrogen-bond donors (Lipinski definition) is 2. The molecule has 2 N–H and O–H groups in total. The lowest BCUT2D eigenvalue weighted by Crippen LogP contribution is -2.25. The van der Waals surface area contributed by atoms with Crippen molar-refractivity contribution in [3.05, 3.63) is 87.9 Å². The number of hydrazone groups is 1. The van der Waals surface area contributed by atoms with Crippen LogP contribution in [0.5, 0.6) is 0 Å². The number of fused-ring (bicyclic) bond motifs is 3. The van der Waals surface area contributed by atoms with Crippen LogP contribution >= 0.6 is 23.8 Å². The van der Waals surface area contributed by atoms with Gasteiger partial charge >= 0.3 is 6.18 Å². The summed E-state index contributed by atoms with van der Waals surface area (Å²) >= 11 is 11.1. The normalized spacial score (nSPS) is 12.9. The third kappa shape index (κ3) is 4.57. The molecule has 0 amide bonds. The van der Waals surface area contributed by atoms with Crippen molar-refractivity contribution in [2.75, 3.05) is 5.32 Å². The van der Waals surface area contributed by atoms with Crippen LogP contribution in [-0.4, -0.2) is 10.8 Å². The molecule has 0 bridgehead atoms. The molecule has 4 rings (SSSR count). The number of hydrogen-bond acceptors (Lipinski definition) is 2. The molecule has 0 unspecified atom stereocenters. The summed E-state index contributed by atoms with van der Waals surface area (Å²) in [5, 5.41) is 7.09. The molecule has 1 aliphatic rings. The van der Waals surface area contributed by atoms with Crippen LogP contribution in [0.4, 0.5) is 18.9 Å². The highest BCUT2D eigenvalue weighted by molar-refractivity contribution is 7.80. The Morgan fingerprint density at radius 2 is 1.74 bits per heavy atom. The topological polar surface area (TPSA) is 36.4 Å². The van der Waals surface area contributed by atoms with Crippen LogP contribution in [0.2, 0.25) is 5.02 Å². The van der Waals surface area contributed by atoms with E-state index in [4.69, 9.17) is 23.8 Å². The monoisotopic (exact) mass is 459 g/mol. The molecule has 8 heteroatoms. The van der Waals surface area contributed by atoms with Crippen LogP contribution in [0, 0.1) is 0 Å². The Kier molecular flexibility index (Phi) is 5.73. The van der Waals surface area contributed by atoms with Crippen LogP contribution < -0.4 is 10.7 Å². The molecule has 0 atom stereocenters. The Bertz CT molecular complexity index is 1200. The number of thiocarbonyl (C=S) groups is 1. The average Bonchev–Trinajstić information content (AvgIpc) is 3.10. The molecule has 3 aromatic carbocycles. The van der Waals surface area contributed by atoms with Crippen molar-refractivity contribution in [1.82, 2.24) is 5.43 Å². The molecule has 0 fully saturated rings. The first-order valence-corrected chi connectivity index (χ1v) is 10.2. The number of nitrogens with zero attached hydrogens (tertiary/aromatic N) is 1. The maximum atomic E-state index is 12.9. The number of halogens is 4. The lowest BCUT2D eigenvalue weighted by Gasteiger charge is -2.13. The Hall–Kier alpha value is -2.90. The maximum absolute atomic E-state index is 12.9.